The van der Waals surface area contributed by atoms with Crippen molar-refractivity contribution in [1.82, 2.24) is 30.0 Å². The molecule has 0 radical (unpaired) electrons. The largest absolute Gasteiger partial charge is 0.508 e. The molecular weight excluding hydrogens is 565 g/mol. The number of nitrogens with zero attached hydrogens (tertiary/aromatic N) is 6. The third-order valence-electron chi connectivity index (χ3n) is 10.2. The van der Waals surface area contributed by atoms with E-state index >= 15 is 4.39 Å². The fourth-order valence-corrected chi connectivity index (χ4v) is 7.84. The van der Waals surface area contributed by atoms with Gasteiger partial charge in [-0.25, -0.2) is 9.18 Å². The number of fused-ring (bicyclic) bond motifs is 1. The van der Waals surface area contributed by atoms with Crippen LogP contribution in [0.4, 0.5) is 15.0 Å². The smallest absolute Gasteiger partial charge is 0.462 e. The highest BCUT2D eigenvalue weighted by Crippen LogP contribution is 2.50. The fraction of sp³-hybridized carbons (Fsp3) is 0.531. The summed E-state index contributed by atoms with van der Waals surface area (Å²) in [5.41, 5.74) is 3.43. The molecule has 0 amide bonds. The van der Waals surface area contributed by atoms with Crippen molar-refractivity contribution in [2.45, 2.75) is 64.0 Å². The van der Waals surface area contributed by atoms with Crippen molar-refractivity contribution >= 4 is 33.8 Å². The Balaban J connectivity index is 1.30. The molecule has 1 N–H and O–H groups in total. The van der Waals surface area contributed by atoms with Gasteiger partial charge in [0.2, 0.25) is 0 Å². The molecule has 7 bridgehead atoms. The lowest BCUT2D eigenvalue weighted by Crippen LogP contribution is -2.53. The minimum Gasteiger partial charge on any atom is -0.462 e. The van der Waals surface area contributed by atoms with Gasteiger partial charge in [-0.3, -0.25) is 10.1 Å². The van der Waals surface area contributed by atoms with Gasteiger partial charge < -0.3 is 24.0 Å². The number of rotatable bonds is 3. The summed E-state index contributed by atoms with van der Waals surface area (Å²) >= 11 is 0. The third-order valence-corrected chi connectivity index (χ3v) is 10.2. The van der Waals surface area contributed by atoms with E-state index in [0.29, 0.717) is 29.8 Å². The van der Waals surface area contributed by atoms with E-state index in [1.54, 1.807) is 12.4 Å². The molecular formula is C32H36FN7O4. The molecule has 1 atom stereocenters. The average molecular weight is 602 g/mol. The fourth-order valence-electron chi connectivity index (χ4n) is 7.84. The summed E-state index contributed by atoms with van der Waals surface area (Å²) in [5.74, 6) is 0.0937. The van der Waals surface area contributed by atoms with E-state index in [1.165, 1.54) is 0 Å². The van der Waals surface area contributed by atoms with Gasteiger partial charge in [0.05, 0.1) is 23.7 Å². The standard InChI is InChI=1S/C32H36FN7O4/c1-18-11-24-22(15-35-38-24)25-21(18)6-10-42-31(41)44-20-12-32(13-20)7-4-9-40(17-32)29-23-14-34-28(25)26(33)27(23)36-30(37-29)43-16-19-5-3-8-39(19)2/h11,14-15,19-20H,3-10,12-13,16-17H2,1-2H3,(H,35,38)/t19-,20?,32?/m0/s1. The lowest BCUT2D eigenvalue weighted by Gasteiger charge is -2.52. The number of nitrogens with one attached hydrogen (secondary N) is 1. The zero-order chi connectivity index (χ0) is 30.0. The highest BCUT2D eigenvalue weighted by Gasteiger charge is 2.49. The Morgan fingerprint density at radius 2 is 2.07 bits per heavy atom. The molecule has 230 valence electrons. The molecule has 11 nitrogen and oxygen atoms in total. The van der Waals surface area contributed by atoms with E-state index < -0.39 is 12.0 Å². The number of ether oxygens (including phenoxy) is 3. The van der Waals surface area contributed by atoms with Gasteiger partial charge in [-0.15, -0.1) is 0 Å². The average Bonchev–Trinajstić information content (AvgIpc) is 3.63. The van der Waals surface area contributed by atoms with Crippen LogP contribution in [0.15, 0.2) is 18.5 Å². The molecule has 0 unspecified atom stereocenters. The number of anilines is 1. The number of aromatic amines is 1. The topological polar surface area (TPSA) is 119 Å². The number of piperidine rings is 1. The van der Waals surface area contributed by atoms with Gasteiger partial charge in [0.15, 0.2) is 5.82 Å². The second-order valence-corrected chi connectivity index (χ2v) is 13.0. The summed E-state index contributed by atoms with van der Waals surface area (Å²) in [6.45, 7) is 5.01. The molecule has 8 heterocycles. The van der Waals surface area contributed by atoms with E-state index in [-0.39, 0.29) is 41.4 Å². The quantitative estimate of drug-likeness (QED) is 0.323. The minimum absolute atomic E-state index is 0.00580. The highest BCUT2D eigenvalue weighted by atomic mass is 19.1. The SMILES string of the molecule is Cc1cc2[nH]ncc2c2c1CCOC(=O)OC1CC3(CCCN(C3)c3nc(OC[C@@H]4CCCN4C)nc4c(F)c-2ncc34)C1. The molecule has 12 heteroatoms. The van der Waals surface area contributed by atoms with Gasteiger partial charge in [0.1, 0.15) is 29.7 Å². The Bertz CT molecular complexity index is 1770. The zero-order valence-electron chi connectivity index (χ0n) is 25.1. The number of hydrogen-bond donors (Lipinski definition) is 1. The van der Waals surface area contributed by atoms with E-state index in [9.17, 15) is 4.79 Å². The summed E-state index contributed by atoms with van der Waals surface area (Å²) in [6.07, 6.45) is 8.56. The highest BCUT2D eigenvalue weighted by molar-refractivity contribution is 5.99. The molecule has 3 aromatic heterocycles. The Morgan fingerprint density at radius 1 is 1.18 bits per heavy atom. The van der Waals surface area contributed by atoms with Crippen LogP contribution in [0, 0.1) is 18.2 Å². The number of hydrogen-bond acceptors (Lipinski definition) is 10. The molecule has 6 aliphatic rings. The molecule has 1 aromatic carbocycles. The van der Waals surface area contributed by atoms with Gasteiger partial charge in [0, 0.05) is 42.7 Å². The van der Waals surface area contributed by atoms with Gasteiger partial charge in [0.25, 0.3) is 0 Å². The van der Waals surface area contributed by atoms with Crippen molar-refractivity contribution in [3.63, 3.8) is 0 Å². The monoisotopic (exact) mass is 601 g/mol. The van der Waals surface area contributed by atoms with Gasteiger partial charge >= 0.3 is 12.2 Å². The van der Waals surface area contributed by atoms with Crippen LogP contribution in [-0.2, 0) is 15.9 Å². The number of benzene rings is 1. The van der Waals surface area contributed by atoms with Crippen LogP contribution >= 0.6 is 0 Å². The van der Waals surface area contributed by atoms with Gasteiger partial charge in [-0.2, -0.15) is 15.1 Å². The number of aryl methyl sites for hydroxylation is 1. The third kappa shape index (κ3) is 4.61. The van der Waals surface area contributed by atoms with Crippen LogP contribution < -0.4 is 9.64 Å². The number of likely N-dealkylation sites (N-methyl/N-ethyl adjacent to an activating group) is 1. The summed E-state index contributed by atoms with van der Waals surface area (Å²) in [6, 6.07) is 2.41. The van der Waals surface area contributed by atoms with Crippen molar-refractivity contribution in [3.8, 4) is 17.3 Å². The van der Waals surface area contributed by atoms with E-state index in [1.807, 2.05) is 13.0 Å². The number of halogens is 1. The van der Waals surface area contributed by atoms with Gasteiger partial charge in [-0.05, 0) is 81.6 Å². The predicted molar refractivity (Wildman–Crippen MR) is 161 cm³/mol. The van der Waals surface area contributed by atoms with Crippen LogP contribution in [0.2, 0.25) is 0 Å². The Morgan fingerprint density at radius 3 is 2.91 bits per heavy atom. The lowest BCUT2D eigenvalue weighted by atomic mass is 9.62. The maximum absolute atomic E-state index is 16.9. The molecule has 1 spiro atoms. The first kappa shape index (κ1) is 27.5. The number of pyridine rings is 1. The maximum atomic E-state index is 16.9. The number of carbonyl (C=O) groups excluding carboxylic acids is 1. The zero-order valence-corrected chi connectivity index (χ0v) is 25.1. The van der Waals surface area contributed by atoms with Gasteiger partial charge in [-0.1, -0.05) is 0 Å². The Labute approximate surface area is 254 Å². The lowest BCUT2D eigenvalue weighted by molar-refractivity contribution is -0.0717. The summed E-state index contributed by atoms with van der Waals surface area (Å²) < 4.78 is 34.4. The maximum Gasteiger partial charge on any atom is 0.508 e. The number of carbonyl (C=O) groups is 1. The molecule has 3 fully saturated rings. The van der Waals surface area contributed by atoms with Crippen LogP contribution in [-0.4, -0.2) is 88.2 Å². The minimum atomic E-state index is -0.663. The molecule has 1 saturated carbocycles. The van der Waals surface area contributed by atoms with Crippen LogP contribution in [0.1, 0.15) is 49.7 Å². The molecule has 4 aromatic rings. The normalized spacial score (nSPS) is 25.5. The first-order chi connectivity index (χ1) is 21.4. The second kappa shape index (κ2) is 10.5. The van der Waals surface area contributed by atoms with Crippen LogP contribution in [0.25, 0.3) is 33.1 Å². The molecule has 2 saturated heterocycles. The first-order valence-corrected chi connectivity index (χ1v) is 15.6. The molecule has 5 aliphatic heterocycles. The van der Waals surface area contributed by atoms with Crippen molar-refractivity contribution in [2.75, 3.05) is 44.8 Å². The van der Waals surface area contributed by atoms with Crippen molar-refractivity contribution < 1.29 is 23.4 Å². The summed E-state index contributed by atoms with van der Waals surface area (Å²) in [7, 11) is 2.10. The summed E-state index contributed by atoms with van der Waals surface area (Å²) in [5, 5.41) is 8.52. The second-order valence-electron chi connectivity index (χ2n) is 13.0. The van der Waals surface area contributed by atoms with Crippen molar-refractivity contribution in [1.29, 1.82) is 0 Å². The van der Waals surface area contributed by atoms with E-state index in [2.05, 4.69) is 32.0 Å². The number of aromatic nitrogens is 5. The van der Waals surface area contributed by atoms with Crippen molar-refractivity contribution in [2.24, 2.45) is 5.41 Å². The van der Waals surface area contributed by atoms with E-state index in [4.69, 9.17) is 24.2 Å². The summed E-state index contributed by atoms with van der Waals surface area (Å²) in [4.78, 5) is 31.4. The van der Waals surface area contributed by atoms with Crippen LogP contribution in [0.3, 0.4) is 0 Å². The van der Waals surface area contributed by atoms with Crippen LogP contribution in [0.5, 0.6) is 6.01 Å². The Hall–Kier alpha value is -4.06. The molecule has 44 heavy (non-hydrogen) atoms. The van der Waals surface area contributed by atoms with Crippen molar-refractivity contribution in [3.05, 3.63) is 35.4 Å². The number of likely N-dealkylation sites (tertiary alicyclic amines) is 1. The van der Waals surface area contributed by atoms with E-state index in [0.717, 1.165) is 80.2 Å². The number of H-pyrrole nitrogens is 1. The molecule has 10 rings (SSSR count). The first-order valence-electron chi connectivity index (χ1n) is 15.6. The Kier molecular flexibility index (Phi) is 6.58. The predicted octanol–water partition coefficient (Wildman–Crippen LogP) is 4.95. The molecule has 1 aliphatic carbocycles.